The molecule has 0 aromatic carbocycles. The lowest BCUT2D eigenvalue weighted by atomic mass is 10.1. The summed E-state index contributed by atoms with van der Waals surface area (Å²) < 4.78 is 10.2. The van der Waals surface area contributed by atoms with Crippen LogP contribution in [0.2, 0.25) is 0 Å². The molecular formula is C12H22O4. The van der Waals surface area contributed by atoms with Crippen LogP contribution in [0.4, 0.5) is 0 Å². The third kappa shape index (κ3) is 7.26. The summed E-state index contributed by atoms with van der Waals surface area (Å²) >= 11 is 0. The summed E-state index contributed by atoms with van der Waals surface area (Å²) in [7, 11) is 0. The molecule has 1 unspecified atom stereocenters. The molecule has 0 bridgehead atoms. The SMILES string of the molecule is CCCC(CCOC(=O)CC)OC(=O)CC. The van der Waals surface area contributed by atoms with E-state index in [1.165, 1.54) is 0 Å². The van der Waals surface area contributed by atoms with Crippen molar-refractivity contribution < 1.29 is 19.1 Å². The first-order valence-electron chi connectivity index (χ1n) is 5.99. The highest BCUT2D eigenvalue weighted by atomic mass is 16.6. The van der Waals surface area contributed by atoms with Gasteiger partial charge in [0.1, 0.15) is 6.10 Å². The molecule has 0 spiro atoms. The number of rotatable bonds is 8. The van der Waals surface area contributed by atoms with E-state index in [9.17, 15) is 9.59 Å². The molecule has 16 heavy (non-hydrogen) atoms. The Labute approximate surface area is 97.3 Å². The topological polar surface area (TPSA) is 52.6 Å². The third-order valence-electron chi connectivity index (χ3n) is 2.19. The number of esters is 2. The van der Waals surface area contributed by atoms with Crippen molar-refractivity contribution in [2.24, 2.45) is 0 Å². The average Bonchev–Trinajstić information content (AvgIpc) is 2.28. The quantitative estimate of drug-likeness (QED) is 0.601. The van der Waals surface area contributed by atoms with Gasteiger partial charge in [0.2, 0.25) is 0 Å². The maximum Gasteiger partial charge on any atom is 0.305 e. The molecule has 0 amide bonds. The van der Waals surface area contributed by atoms with Gasteiger partial charge < -0.3 is 9.47 Å². The van der Waals surface area contributed by atoms with Gasteiger partial charge in [-0.1, -0.05) is 27.2 Å². The van der Waals surface area contributed by atoms with Crippen LogP contribution in [-0.2, 0) is 19.1 Å². The van der Waals surface area contributed by atoms with Gasteiger partial charge in [-0.2, -0.15) is 0 Å². The minimum Gasteiger partial charge on any atom is -0.466 e. The molecule has 0 saturated heterocycles. The molecule has 0 fully saturated rings. The van der Waals surface area contributed by atoms with E-state index in [1.54, 1.807) is 13.8 Å². The normalized spacial score (nSPS) is 11.9. The molecule has 0 aromatic rings. The van der Waals surface area contributed by atoms with E-state index in [2.05, 4.69) is 0 Å². The largest absolute Gasteiger partial charge is 0.466 e. The molecule has 4 nitrogen and oxygen atoms in total. The predicted molar refractivity (Wildman–Crippen MR) is 60.9 cm³/mol. The third-order valence-corrected chi connectivity index (χ3v) is 2.19. The molecule has 0 N–H and O–H groups in total. The first-order chi connectivity index (χ1) is 7.63. The lowest BCUT2D eigenvalue weighted by Gasteiger charge is -2.16. The van der Waals surface area contributed by atoms with E-state index >= 15 is 0 Å². The molecule has 94 valence electrons. The van der Waals surface area contributed by atoms with Gasteiger partial charge in [0.15, 0.2) is 0 Å². The van der Waals surface area contributed by atoms with Gasteiger partial charge in [-0.15, -0.1) is 0 Å². The average molecular weight is 230 g/mol. The van der Waals surface area contributed by atoms with Crippen LogP contribution >= 0.6 is 0 Å². The van der Waals surface area contributed by atoms with Gasteiger partial charge in [0.25, 0.3) is 0 Å². The van der Waals surface area contributed by atoms with Gasteiger partial charge in [0, 0.05) is 19.3 Å². The minimum atomic E-state index is -0.211. The summed E-state index contributed by atoms with van der Waals surface area (Å²) in [6.07, 6.45) is 2.99. The van der Waals surface area contributed by atoms with Crippen molar-refractivity contribution in [1.29, 1.82) is 0 Å². The highest BCUT2D eigenvalue weighted by Crippen LogP contribution is 2.08. The summed E-state index contributed by atoms with van der Waals surface area (Å²) in [4.78, 5) is 22.0. The standard InChI is InChI=1S/C12H22O4/c1-4-7-10(16-12(14)6-3)8-9-15-11(13)5-2/h10H,4-9H2,1-3H3. The molecule has 0 aliphatic carbocycles. The van der Waals surface area contributed by atoms with Crippen molar-refractivity contribution in [1.82, 2.24) is 0 Å². The highest BCUT2D eigenvalue weighted by Gasteiger charge is 2.13. The van der Waals surface area contributed by atoms with E-state index in [0.29, 0.717) is 25.9 Å². The van der Waals surface area contributed by atoms with Crippen LogP contribution in [0.25, 0.3) is 0 Å². The number of carbonyl (C=O) groups excluding carboxylic acids is 2. The Morgan fingerprint density at radius 1 is 1.00 bits per heavy atom. The van der Waals surface area contributed by atoms with Crippen LogP contribution < -0.4 is 0 Å². The second-order valence-electron chi connectivity index (χ2n) is 3.62. The van der Waals surface area contributed by atoms with Crippen LogP contribution in [0.15, 0.2) is 0 Å². The predicted octanol–water partition coefficient (Wildman–Crippen LogP) is 2.45. The van der Waals surface area contributed by atoms with Gasteiger partial charge >= 0.3 is 11.9 Å². The van der Waals surface area contributed by atoms with Gasteiger partial charge in [-0.25, -0.2) is 0 Å². The van der Waals surface area contributed by atoms with Crippen LogP contribution in [0.3, 0.4) is 0 Å². The van der Waals surface area contributed by atoms with E-state index in [1.807, 2.05) is 6.92 Å². The van der Waals surface area contributed by atoms with E-state index in [-0.39, 0.29) is 18.0 Å². The molecule has 0 saturated carbocycles. The Morgan fingerprint density at radius 2 is 1.62 bits per heavy atom. The van der Waals surface area contributed by atoms with Crippen molar-refractivity contribution in [2.45, 2.75) is 59.0 Å². The van der Waals surface area contributed by atoms with Gasteiger partial charge in [0.05, 0.1) is 6.61 Å². The fourth-order valence-corrected chi connectivity index (χ4v) is 1.26. The van der Waals surface area contributed by atoms with Crippen molar-refractivity contribution >= 4 is 11.9 Å². The van der Waals surface area contributed by atoms with Gasteiger partial charge in [-0.05, 0) is 6.42 Å². The van der Waals surface area contributed by atoms with Crippen LogP contribution in [0, 0.1) is 0 Å². The molecule has 4 heteroatoms. The van der Waals surface area contributed by atoms with Crippen LogP contribution in [0.5, 0.6) is 0 Å². The van der Waals surface area contributed by atoms with E-state index in [4.69, 9.17) is 9.47 Å². The van der Waals surface area contributed by atoms with Crippen molar-refractivity contribution in [3.8, 4) is 0 Å². The zero-order chi connectivity index (χ0) is 12.4. The molecule has 1 atom stereocenters. The molecule has 0 aromatic heterocycles. The summed E-state index contributed by atoms with van der Waals surface area (Å²) in [5, 5.41) is 0. The first kappa shape index (κ1) is 14.9. The number of ether oxygens (including phenoxy) is 2. The monoisotopic (exact) mass is 230 g/mol. The number of hydrogen-bond donors (Lipinski definition) is 0. The Bertz CT molecular complexity index is 213. The molecule has 0 aliphatic heterocycles. The summed E-state index contributed by atoms with van der Waals surface area (Å²) in [5.41, 5.74) is 0. The fraction of sp³-hybridized carbons (Fsp3) is 0.833. The Balaban J connectivity index is 3.84. The highest BCUT2D eigenvalue weighted by molar-refractivity contribution is 5.69. The lowest BCUT2D eigenvalue weighted by Crippen LogP contribution is -2.20. The zero-order valence-electron chi connectivity index (χ0n) is 10.5. The van der Waals surface area contributed by atoms with Crippen molar-refractivity contribution in [3.63, 3.8) is 0 Å². The Morgan fingerprint density at radius 3 is 2.12 bits per heavy atom. The Kier molecular flexibility index (Phi) is 8.58. The second-order valence-corrected chi connectivity index (χ2v) is 3.62. The van der Waals surface area contributed by atoms with E-state index < -0.39 is 0 Å². The van der Waals surface area contributed by atoms with Crippen LogP contribution in [-0.4, -0.2) is 24.6 Å². The lowest BCUT2D eigenvalue weighted by molar-refractivity contribution is -0.151. The van der Waals surface area contributed by atoms with Crippen LogP contribution in [0.1, 0.15) is 52.9 Å². The summed E-state index contributed by atoms with van der Waals surface area (Å²) in [5.74, 6) is -0.405. The van der Waals surface area contributed by atoms with E-state index in [0.717, 1.165) is 12.8 Å². The molecular weight excluding hydrogens is 208 g/mol. The van der Waals surface area contributed by atoms with Gasteiger partial charge in [-0.3, -0.25) is 9.59 Å². The molecule has 0 radical (unpaired) electrons. The molecule has 0 rings (SSSR count). The summed E-state index contributed by atoms with van der Waals surface area (Å²) in [6.45, 7) is 5.88. The number of carbonyl (C=O) groups is 2. The maximum absolute atomic E-state index is 11.1. The fourth-order valence-electron chi connectivity index (χ4n) is 1.26. The number of hydrogen-bond acceptors (Lipinski definition) is 4. The summed E-state index contributed by atoms with van der Waals surface area (Å²) in [6, 6.07) is 0. The smallest absolute Gasteiger partial charge is 0.305 e. The second kappa shape index (κ2) is 9.19. The molecule has 0 aliphatic rings. The maximum atomic E-state index is 11.1. The minimum absolute atomic E-state index is 0.123. The van der Waals surface area contributed by atoms with Crippen molar-refractivity contribution in [2.75, 3.05) is 6.61 Å². The zero-order valence-corrected chi connectivity index (χ0v) is 10.5. The van der Waals surface area contributed by atoms with Crippen molar-refractivity contribution in [3.05, 3.63) is 0 Å². The Hall–Kier alpha value is -1.06. The first-order valence-corrected chi connectivity index (χ1v) is 5.99. The molecule has 0 heterocycles.